The van der Waals surface area contributed by atoms with Gasteiger partial charge >= 0.3 is 0 Å². The van der Waals surface area contributed by atoms with Crippen molar-refractivity contribution in [3.05, 3.63) is 24.3 Å². The van der Waals surface area contributed by atoms with E-state index in [2.05, 4.69) is 31.3 Å². The molecule has 0 radical (unpaired) electrons. The number of quaternary nitrogens is 1. The summed E-state index contributed by atoms with van der Waals surface area (Å²) in [5.41, 5.74) is 0. The summed E-state index contributed by atoms with van der Waals surface area (Å²) in [6.45, 7) is 4.54. The van der Waals surface area contributed by atoms with Crippen LogP contribution in [0.25, 0.3) is 0 Å². The molecule has 48 heavy (non-hydrogen) atoms. The second-order valence-corrected chi connectivity index (χ2v) is 16.0. The van der Waals surface area contributed by atoms with Gasteiger partial charge < -0.3 is 28.8 Å². The molecule has 0 aliphatic rings. The zero-order valence-electron chi connectivity index (χ0n) is 31.9. The number of nitrogens with zero attached hydrogens (tertiary/aromatic N) is 1. The molecule has 3 atom stereocenters. The normalized spacial score (nSPS) is 14.9. The summed E-state index contributed by atoms with van der Waals surface area (Å²) in [6, 6.07) is -0.894. The molecule has 0 saturated carbocycles. The van der Waals surface area contributed by atoms with E-state index in [4.69, 9.17) is 9.05 Å². The number of unbranched alkanes of at least 4 members (excludes halogenated alkanes) is 20. The summed E-state index contributed by atoms with van der Waals surface area (Å²) < 4.78 is 23.0. The van der Waals surface area contributed by atoms with Gasteiger partial charge in [0.2, 0.25) is 5.91 Å². The zero-order chi connectivity index (χ0) is 35.8. The minimum atomic E-state index is -4.58. The number of allylic oxidation sites excluding steroid dienone is 3. The Bertz CT molecular complexity index is 845. The van der Waals surface area contributed by atoms with Gasteiger partial charge in [0.05, 0.1) is 39.9 Å². The second-order valence-electron chi connectivity index (χ2n) is 14.6. The highest BCUT2D eigenvalue weighted by molar-refractivity contribution is 7.45. The van der Waals surface area contributed by atoms with Crippen LogP contribution in [0.5, 0.6) is 0 Å². The lowest BCUT2D eigenvalue weighted by Crippen LogP contribution is -2.45. The van der Waals surface area contributed by atoms with Crippen LogP contribution in [-0.4, -0.2) is 68.5 Å². The van der Waals surface area contributed by atoms with Crippen molar-refractivity contribution < 1.29 is 32.9 Å². The molecule has 0 spiro atoms. The van der Waals surface area contributed by atoms with Crippen molar-refractivity contribution in [2.75, 3.05) is 40.9 Å². The lowest BCUT2D eigenvalue weighted by Gasteiger charge is -2.29. The van der Waals surface area contributed by atoms with Crippen LogP contribution < -0.4 is 10.2 Å². The zero-order valence-corrected chi connectivity index (χ0v) is 32.8. The Labute approximate surface area is 296 Å². The molecule has 0 aliphatic carbocycles. The van der Waals surface area contributed by atoms with Crippen molar-refractivity contribution in [2.24, 2.45) is 0 Å². The van der Waals surface area contributed by atoms with E-state index in [1.165, 1.54) is 109 Å². The Balaban J connectivity index is 4.36. The van der Waals surface area contributed by atoms with Gasteiger partial charge in [0, 0.05) is 6.42 Å². The number of phosphoric acid groups is 1. The first-order valence-electron chi connectivity index (χ1n) is 19.7. The Morgan fingerprint density at radius 2 is 1.17 bits per heavy atom. The summed E-state index contributed by atoms with van der Waals surface area (Å²) in [5, 5.41) is 13.6. The number of hydrogen-bond acceptors (Lipinski definition) is 6. The van der Waals surface area contributed by atoms with Crippen LogP contribution >= 0.6 is 7.82 Å². The molecule has 0 bridgehead atoms. The molecule has 0 aliphatic heterocycles. The van der Waals surface area contributed by atoms with Gasteiger partial charge in [-0.15, -0.1) is 0 Å². The van der Waals surface area contributed by atoms with Gasteiger partial charge in [-0.3, -0.25) is 9.36 Å². The number of aliphatic hydroxyl groups excluding tert-OH is 1. The summed E-state index contributed by atoms with van der Waals surface area (Å²) in [4.78, 5) is 25.0. The van der Waals surface area contributed by atoms with E-state index < -0.39 is 26.6 Å². The Morgan fingerprint density at radius 3 is 1.69 bits per heavy atom. The number of carbonyl (C=O) groups excluding carboxylic acids is 1. The Hall–Kier alpha value is -1.02. The lowest BCUT2D eigenvalue weighted by molar-refractivity contribution is -0.870. The van der Waals surface area contributed by atoms with E-state index >= 15 is 0 Å². The lowest BCUT2D eigenvalue weighted by atomic mass is 10.0. The molecule has 284 valence electrons. The topological polar surface area (TPSA) is 108 Å². The monoisotopic (exact) mass is 701 g/mol. The number of nitrogens with one attached hydrogen (secondary N) is 1. The molecule has 0 aromatic rings. The molecule has 2 N–H and O–H groups in total. The molecule has 3 unspecified atom stereocenters. The van der Waals surface area contributed by atoms with Crippen LogP contribution in [0.3, 0.4) is 0 Å². The fourth-order valence-electron chi connectivity index (χ4n) is 5.46. The van der Waals surface area contributed by atoms with Crippen molar-refractivity contribution in [3.63, 3.8) is 0 Å². The fourth-order valence-corrected chi connectivity index (χ4v) is 6.18. The highest BCUT2D eigenvalue weighted by Crippen LogP contribution is 2.38. The SMILES string of the molecule is CCCCCCCCCCCCCCCC/C=C/CC/C=C/C(O)C(COP(=O)([O-])OCC[N+](C)(C)C)NC(=O)CCCCCCCC. The van der Waals surface area contributed by atoms with Gasteiger partial charge in [0.15, 0.2) is 0 Å². The van der Waals surface area contributed by atoms with Gasteiger partial charge in [-0.25, -0.2) is 0 Å². The first-order chi connectivity index (χ1) is 23.0. The third kappa shape index (κ3) is 33.5. The first-order valence-corrected chi connectivity index (χ1v) is 21.2. The molecule has 0 heterocycles. The molecule has 9 heteroatoms. The molecule has 8 nitrogen and oxygen atoms in total. The molecular formula is C39H77N2O6P. The number of hydrogen-bond donors (Lipinski definition) is 2. The second kappa shape index (κ2) is 31.9. The summed E-state index contributed by atoms with van der Waals surface area (Å²) in [5.74, 6) is -0.218. The van der Waals surface area contributed by atoms with Gasteiger partial charge in [0.1, 0.15) is 13.2 Å². The molecule has 0 rings (SSSR count). The molecule has 0 fully saturated rings. The molecule has 0 aromatic heterocycles. The number of phosphoric ester groups is 1. The fraction of sp³-hybridized carbons (Fsp3) is 0.872. The van der Waals surface area contributed by atoms with Gasteiger partial charge in [-0.05, 0) is 32.1 Å². The van der Waals surface area contributed by atoms with E-state index in [9.17, 15) is 19.4 Å². The summed E-state index contributed by atoms with van der Waals surface area (Å²) >= 11 is 0. The van der Waals surface area contributed by atoms with E-state index in [1.54, 1.807) is 6.08 Å². The largest absolute Gasteiger partial charge is 0.756 e. The maximum Gasteiger partial charge on any atom is 0.268 e. The smallest absolute Gasteiger partial charge is 0.268 e. The maximum atomic E-state index is 12.6. The molecular weight excluding hydrogens is 623 g/mol. The van der Waals surface area contributed by atoms with Crippen LogP contribution in [0.4, 0.5) is 0 Å². The molecule has 1 amide bonds. The molecule has 0 aromatic carbocycles. The van der Waals surface area contributed by atoms with E-state index in [0.717, 1.165) is 38.5 Å². The first kappa shape index (κ1) is 47.0. The maximum absolute atomic E-state index is 12.6. The Kier molecular flexibility index (Phi) is 31.2. The number of carbonyl (C=O) groups is 1. The average molecular weight is 701 g/mol. The van der Waals surface area contributed by atoms with Crippen LogP contribution in [0.1, 0.15) is 168 Å². The molecule has 0 saturated heterocycles. The quantitative estimate of drug-likeness (QED) is 0.0295. The number of amides is 1. The van der Waals surface area contributed by atoms with Crippen LogP contribution in [0.2, 0.25) is 0 Å². The predicted octanol–water partition coefficient (Wildman–Crippen LogP) is 9.55. The Morgan fingerprint density at radius 1 is 0.708 bits per heavy atom. The van der Waals surface area contributed by atoms with Gasteiger partial charge in [0.25, 0.3) is 7.82 Å². The summed E-state index contributed by atoms with van der Waals surface area (Å²) in [6.07, 6.45) is 35.4. The third-order valence-electron chi connectivity index (χ3n) is 8.66. The highest BCUT2D eigenvalue weighted by atomic mass is 31.2. The number of likely N-dealkylation sites (N-methyl/N-ethyl adjacent to an activating group) is 1. The van der Waals surface area contributed by atoms with E-state index in [0.29, 0.717) is 17.4 Å². The summed E-state index contributed by atoms with van der Waals surface area (Å²) in [7, 11) is 1.24. The number of aliphatic hydroxyl groups is 1. The highest BCUT2D eigenvalue weighted by Gasteiger charge is 2.23. The van der Waals surface area contributed by atoms with E-state index in [-0.39, 0.29) is 12.5 Å². The predicted molar refractivity (Wildman–Crippen MR) is 201 cm³/mol. The average Bonchev–Trinajstić information content (AvgIpc) is 3.02. The van der Waals surface area contributed by atoms with E-state index in [1.807, 2.05) is 27.2 Å². The van der Waals surface area contributed by atoms with Crippen molar-refractivity contribution in [1.29, 1.82) is 0 Å². The minimum absolute atomic E-state index is 0.00525. The van der Waals surface area contributed by atoms with Crippen LogP contribution in [0.15, 0.2) is 24.3 Å². The minimum Gasteiger partial charge on any atom is -0.756 e. The third-order valence-corrected chi connectivity index (χ3v) is 9.63. The van der Waals surface area contributed by atoms with Crippen LogP contribution in [-0.2, 0) is 18.4 Å². The van der Waals surface area contributed by atoms with Crippen molar-refractivity contribution >= 4 is 13.7 Å². The van der Waals surface area contributed by atoms with Crippen molar-refractivity contribution in [1.82, 2.24) is 5.32 Å². The van der Waals surface area contributed by atoms with Crippen LogP contribution in [0, 0.1) is 0 Å². The number of rotatable bonds is 35. The van der Waals surface area contributed by atoms with Gasteiger partial charge in [-0.2, -0.15) is 0 Å². The van der Waals surface area contributed by atoms with Crippen molar-refractivity contribution in [3.8, 4) is 0 Å². The van der Waals surface area contributed by atoms with Gasteiger partial charge in [-0.1, -0.05) is 154 Å². The standard InChI is InChI=1S/C39H77N2O6P/c1-6-8-10-12-14-15-16-17-18-19-20-21-22-23-24-25-26-27-28-30-32-38(42)37(40-39(43)33-31-29-13-11-9-7-2)36-47-48(44,45)46-35-34-41(3,4)5/h25-26,30,32,37-38,42H,6-24,27-29,31,33-36H2,1-5H3,(H-,40,43,44,45)/b26-25+,32-30+. The van der Waals surface area contributed by atoms with Crippen molar-refractivity contribution in [2.45, 2.75) is 180 Å².